The van der Waals surface area contributed by atoms with Crippen molar-refractivity contribution in [1.82, 2.24) is 29.7 Å². The van der Waals surface area contributed by atoms with Gasteiger partial charge in [-0.3, -0.25) is 14.7 Å². The van der Waals surface area contributed by atoms with E-state index in [2.05, 4.69) is 34.9 Å². The van der Waals surface area contributed by atoms with Crippen molar-refractivity contribution < 1.29 is 21.6 Å². The summed E-state index contributed by atoms with van der Waals surface area (Å²) in [7, 11) is -4.09. The first-order chi connectivity index (χ1) is 19.5. The summed E-state index contributed by atoms with van der Waals surface area (Å²) >= 11 is 0. The van der Waals surface area contributed by atoms with Crippen LogP contribution < -0.4 is 15.4 Å². The van der Waals surface area contributed by atoms with Crippen LogP contribution in [0.25, 0.3) is 17.6 Å². The first-order valence-electron chi connectivity index (χ1n) is 12.2. The second-order valence-corrected chi connectivity index (χ2v) is 11.1. The van der Waals surface area contributed by atoms with Crippen molar-refractivity contribution in [3.8, 4) is 5.95 Å². The lowest BCUT2D eigenvalue weighted by atomic mass is 9.94. The standard InChI is InChI=1S/C25H21F3N10O2S/c1-14-2-3-17(36-41(39,40)12-18-9-16(4-5-30-18)25(26,27)28)10-19(14)20-8-15-11-32-24(38-13-33-35-23(38)29)34-21(15)37-7-6-31-22(20)37/h2-5,8-11,13,36H,6-7,12H2,1H3,(H2,29,35). The minimum absolute atomic E-state index is 0.144. The van der Waals surface area contributed by atoms with Gasteiger partial charge in [-0.25, -0.2) is 18.0 Å². The molecule has 3 aromatic heterocycles. The summed E-state index contributed by atoms with van der Waals surface area (Å²) in [5.41, 5.74) is 7.93. The highest BCUT2D eigenvalue weighted by molar-refractivity contribution is 7.91. The Morgan fingerprint density at radius 3 is 2.73 bits per heavy atom. The van der Waals surface area contributed by atoms with E-state index in [1.165, 1.54) is 10.9 Å². The molecular weight excluding hydrogens is 561 g/mol. The van der Waals surface area contributed by atoms with Crippen LogP contribution in [0.2, 0.25) is 0 Å². The fourth-order valence-corrected chi connectivity index (χ4v) is 5.73. The average Bonchev–Trinajstić information content (AvgIpc) is 3.58. The predicted molar refractivity (Wildman–Crippen MR) is 146 cm³/mol. The van der Waals surface area contributed by atoms with E-state index < -0.39 is 27.5 Å². The van der Waals surface area contributed by atoms with E-state index in [4.69, 9.17) is 5.73 Å². The number of benzene rings is 1. The molecule has 0 amide bonds. The van der Waals surface area contributed by atoms with Gasteiger partial charge in [0.1, 0.15) is 23.7 Å². The number of aryl methyl sites for hydroxylation is 1. The highest BCUT2D eigenvalue weighted by Crippen LogP contribution is 2.37. The molecule has 0 bridgehead atoms. The first-order valence-corrected chi connectivity index (χ1v) is 13.8. The van der Waals surface area contributed by atoms with Gasteiger partial charge in [-0.1, -0.05) is 6.07 Å². The molecule has 6 rings (SSSR count). The molecule has 16 heteroatoms. The van der Waals surface area contributed by atoms with Gasteiger partial charge in [0.05, 0.1) is 17.8 Å². The highest BCUT2D eigenvalue weighted by Gasteiger charge is 2.32. The number of alkyl halides is 3. The summed E-state index contributed by atoms with van der Waals surface area (Å²) in [6, 6.07) is 6.51. The van der Waals surface area contributed by atoms with Gasteiger partial charge in [0.15, 0.2) is 0 Å². The number of fused-ring (bicyclic) bond motifs is 3. The molecule has 41 heavy (non-hydrogen) atoms. The number of nitrogens with zero attached hydrogens (tertiary/aromatic N) is 8. The fourth-order valence-electron chi connectivity index (χ4n) is 4.63. The Bertz CT molecular complexity index is 1850. The maximum atomic E-state index is 13.1. The molecule has 0 fully saturated rings. The molecule has 0 radical (unpaired) electrons. The molecule has 0 atom stereocenters. The van der Waals surface area contributed by atoms with Gasteiger partial charge in [0.25, 0.3) is 0 Å². The van der Waals surface area contributed by atoms with Crippen molar-refractivity contribution in [3.63, 3.8) is 0 Å². The van der Waals surface area contributed by atoms with Crippen LogP contribution >= 0.6 is 0 Å². The largest absolute Gasteiger partial charge is 0.416 e. The molecule has 0 spiro atoms. The maximum Gasteiger partial charge on any atom is 0.416 e. The SMILES string of the molecule is Cc1ccc(NS(=O)(=O)Cc2cc(C(F)(F)F)ccn2)cc1C1=Cc2cnc(-n3cnnc3N)nc2N2CCN=C12. The van der Waals surface area contributed by atoms with Crippen LogP contribution in [0, 0.1) is 6.92 Å². The number of aromatic nitrogens is 6. The quantitative estimate of drug-likeness (QED) is 0.349. The topological polar surface area (TPSA) is 157 Å². The summed E-state index contributed by atoms with van der Waals surface area (Å²) in [5, 5.41) is 7.54. The van der Waals surface area contributed by atoms with E-state index in [9.17, 15) is 21.6 Å². The van der Waals surface area contributed by atoms with E-state index in [-0.39, 0.29) is 17.3 Å². The van der Waals surface area contributed by atoms with Crippen molar-refractivity contribution in [3.05, 3.63) is 77.0 Å². The number of halogens is 3. The Labute approximate surface area is 231 Å². The normalized spacial score (nSPS) is 14.8. The number of anilines is 3. The van der Waals surface area contributed by atoms with Crippen molar-refractivity contribution in [2.24, 2.45) is 4.99 Å². The zero-order valence-electron chi connectivity index (χ0n) is 21.3. The Kier molecular flexibility index (Phi) is 6.21. The minimum atomic E-state index is -4.61. The third kappa shape index (κ3) is 5.08. The molecule has 0 saturated heterocycles. The number of sulfonamides is 1. The molecule has 5 heterocycles. The lowest BCUT2D eigenvalue weighted by molar-refractivity contribution is -0.137. The van der Waals surface area contributed by atoms with Crippen LogP contribution in [0.3, 0.4) is 0 Å². The molecule has 0 aliphatic carbocycles. The molecule has 4 aromatic rings. The number of hydrogen-bond acceptors (Lipinski definition) is 10. The summed E-state index contributed by atoms with van der Waals surface area (Å²) in [6.45, 7) is 2.98. The van der Waals surface area contributed by atoms with Crippen LogP contribution in [-0.4, -0.2) is 57.1 Å². The van der Waals surface area contributed by atoms with Crippen LogP contribution in [-0.2, 0) is 22.0 Å². The van der Waals surface area contributed by atoms with Gasteiger partial charge in [-0.05, 0) is 48.4 Å². The van der Waals surface area contributed by atoms with Crippen molar-refractivity contribution in [1.29, 1.82) is 0 Å². The average molecular weight is 583 g/mol. The van der Waals surface area contributed by atoms with Gasteiger partial charge in [0, 0.05) is 35.8 Å². The van der Waals surface area contributed by atoms with Crippen LogP contribution in [0.15, 0.2) is 54.0 Å². The monoisotopic (exact) mass is 582 g/mol. The molecule has 0 unspecified atom stereocenters. The Morgan fingerprint density at radius 1 is 1.15 bits per heavy atom. The van der Waals surface area contributed by atoms with Gasteiger partial charge >= 0.3 is 6.18 Å². The number of hydrogen-bond donors (Lipinski definition) is 2. The van der Waals surface area contributed by atoms with E-state index in [1.807, 2.05) is 17.9 Å². The molecule has 1 aromatic carbocycles. The number of nitrogens with one attached hydrogen (secondary N) is 1. The van der Waals surface area contributed by atoms with Gasteiger partial charge in [0.2, 0.25) is 21.9 Å². The number of rotatable bonds is 6. The molecular formula is C25H21F3N10O2S. The fraction of sp³-hybridized carbons (Fsp3) is 0.200. The maximum absolute atomic E-state index is 13.1. The lowest BCUT2D eigenvalue weighted by Crippen LogP contribution is -2.32. The zero-order chi connectivity index (χ0) is 28.9. The Balaban J connectivity index is 1.32. The molecule has 12 nitrogen and oxygen atoms in total. The van der Waals surface area contributed by atoms with Gasteiger partial charge in [-0.15, -0.1) is 10.2 Å². The predicted octanol–water partition coefficient (Wildman–Crippen LogP) is 3.08. The Hall–Kier alpha value is -4.86. The zero-order valence-corrected chi connectivity index (χ0v) is 22.1. The second kappa shape index (κ2) is 9.65. The molecule has 0 saturated carbocycles. The molecule has 2 aliphatic heterocycles. The minimum Gasteiger partial charge on any atom is -0.368 e. The van der Waals surface area contributed by atoms with E-state index >= 15 is 0 Å². The Morgan fingerprint density at radius 2 is 1.98 bits per heavy atom. The second-order valence-electron chi connectivity index (χ2n) is 9.35. The first kappa shape index (κ1) is 26.4. The van der Waals surface area contributed by atoms with Gasteiger partial charge in [-0.2, -0.15) is 18.2 Å². The lowest BCUT2D eigenvalue weighted by Gasteiger charge is -2.28. The molecule has 2 aliphatic rings. The van der Waals surface area contributed by atoms with Crippen LogP contribution in [0.4, 0.5) is 30.6 Å². The van der Waals surface area contributed by atoms with Crippen LogP contribution in [0.1, 0.15) is 27.9 Å². The smallest absolute Gasteiger partial charge is 0.368 e. The summed E-state index contributed by atoms with van der Waals surface area (Å²) in [4.78, 5) is 19.5. The number of nitrogen functional groups attached to an aromatic ring is 1. The van der Waals surface area contributed by atoms with E-state index in [0.717, 1.165) is 35.0 Å². The third-order valence-electron chi connectivity index (χ3n) is 6.49. The highest BCUT2D eigenvalue weighted by atomic mass is 32.2. The van der Waals surface area contributed by atoms with Gasteiger partial charge < -0.3 is 10.6 Å². The van der Waals surface area contributed by atoms with Crippen molar-refractivity contribution in [2.75, 3.05) is 28.4 Å². The number of aliphatic imine (C=N–C) groups is 1. The molecule has 3 N–H and O–H groups in total. The number of amidine groups is 1. The van der Waals surface area contributed by atoms with E-state index in [0.29, 0.717) is 36.3 Å². The molecule has 210 valence electrons. The summed E-state index contributed by atoms with van der Waals surface area (Å²) in [6.07, 6.45) is 1.27. The van der Waals surface area contributed by atoms with E-state index in [1.54, 1.807) is 24.4 Å². The summed E-state index contributed by atoms with van der Waals surface area (Å²) in [5.74, 6) is 1.01. The number of nitrogens with two attached hydrogens (primary N) is 1. The van der Waals surface area contributed by atoms with Crippen LogP contribution in [0.5, 0.6) is 0 Å². The van der Waals surface area contributed by atoms with Crippen molar-refractivity contribution >= 4 is 45.0 Å². The van der Waals surface area contributed by atoms with Crippen molar-refractivity contribution in [2.45, 2.75) is 18.9 Å². The third-order valence-corrected chi connectivity index (χ3v) is 7.72. The summed E-state index contributed by atoms with van der Waals surface area (Å²) < 4.78 is 68.9. The number of pyridine rings is 1.